The van der Waals surface area contributed by atoms with Crippen LogP contribution in [-0.4, -0.2) is 30.6 Å². The van der Waals surface area contributed by atoms with Gasteiger partial charge in [0.1, 0.15) is 13.2 Å². The average Bonchev–Trinajstić information content (AvgIpc) is 2.59. The Bertz CT molecular complexity index is 717. The number of hydrogen-bond donors (Lipinski definition) is 0. The van der Waals surface area contributed by atoms with E-state index in [2.05, 4.69) is 0 Å². The van der Waals surface area contributed by atoms with Crippen LogP contribution in [-0.2, 0) is 6.54 Å². The largest absolute Gasteiger partial charge is 0.486 e. The first-order valence-corrected chi connectivity index (χ1v) is 7.98. The van der Waals surface area contributed by atoms with Gasteiger partial charge in [-0.3, -0.25) is 4.79 Å². The number of halogens is 1. The summed E-state index contributed by atoms with van der Waals surface area (Å²) >= 11 is 5.98. The summed E-state index contributed by atoms with van der Waals surface area (Å²) in [5, 5.41) is 0.561. The highest BCUT2D eigenvalue weighted by molar-refractivity contribution is 6.30. The smallest absolute Gasteiger partial charge is 0.254 e. The van der Waals surface area contributed by atoms with Crippen molar-refractivity contribution in [2.45, 2.75) is 13.5 Å². The third-order valence-corrected chi connectivity index (χ3v) is 3.96. The van der Waals surface area contributed by atoms with E-state index in [1.807, 2.05) is 25.1 Å². The predicted octanol–water partition coefficient (Wildman–Crippen LogP) is 3.77. The molecule has 0 N–H and O–H groups in total. The second kappa shape index (κ2) is 6.92. The summed E-state index contributed by atoms with van der Waals surface area (Å²) in [5.41, 5.74) is 1.60. The Balaban J connectivity index is 1.78. The average molecular weight is 332 g/mol. The first-order valence-electron chi connectivity index (χ1n) is 7.60. The number of rotatable bonds is 4. The van der Waals surface area contributed by atoms with Crippen molar-refractivity contribution < 1.29 is 14.3 Å². The minimum atomic E-state index is -0.0371. The molecule has 0 unspecified atom stereocenters. The predicted molar refractivity (Wildman–Crippen MR) is 89.3 cm³/mol. The van der Waals surface area contributed by atoms with E-state index in [4.69, 9.17) is 21.1 Å². The van der Waals surface area contributed by atoms with Crippen molar-refractivity contribution in [3.63, 3.8) is 0 Å². The number of amides is 1. The molecule has 1 amide bonds. The van der Waals surface area contributed by atoms with Gasteiger partial charge in [0.15, 0.2) is 11.5 Å². The van der Waals surface area contributed by atoms with E-state index in [0.717, 1.165) is 17.1 Å². The zero-order valence-electron chi connectivity index (χ0n) is 12.9. The Morgan fingerprint density at radius 2 is 1.91 bits per heavy atom. The molecule has 2 aromatic carbocycles. The van der Waals surface area contributed by atoms with Crippen molar-refractivity contribution in [1.29, 1.82) is 0 Å². The van der Waals surface area contributed by atoms with Crippen LogP contribution in [0, 0.1) is 0 Å². The Morgan fingerprint density at radius 1 is 1.13 bits per heavy atom. The maximum Gasteiger partial charge on any atom is 0.254 e. The van der Waals surface area contributed by atoms with Crippen LogP contribution in [0.4, 0.5) is 0 Å². The highest BCUT2D eigenvalue weighted by atomic mass is 35.5. The van der Waals surface area contributed by atoms with E-state index in [9.17, 15) is 4.79 Å². The molecule has 0 atom stereocenters. The summed E-state index contributed by atoms with van der Waals surface area (Å²) in [4.78, 5) is 14.4. The van der Waals surface area contributed by atoms with E-state index in [-0.39, 0.29) is 5.91 Å². The molecule has 0 radical (unpaired) electrons. The van der Waals surface area contributed by atoms with Crippen LogP contribution >= 0.6 is 11.6 Å². The molecule has 3 rings (SSSR count). The Hall–Kier alpha value is -2.20. The fourth-order valence-corrected chi connectivity index (χ4v) is 2.73. The van der Waals surface area contributed by atoms with E-state index < -0.39 is 0 Å². The molecule has 0 spiro atoms. The Labute approximate surface area is 140 Å². The van der Waals surface area contributed by atoms with Crippen LogP contribution in [0.15, 0.2) is 42.5 Å². The van der Waals surface area contributed by atoms with Gasteiger partial charge in [0.05, 0.1) is 0 Å². The van der Waals surface area contributed by atoms with Gasteiger partial charge >= 0.3 is 0 Å². The first-order chi connectivity index (χ1) is 11.2. The molecule has 1 aliphatic heterocycles. The van der Waals surface area contributed by atoms with E-state index in [1.54, 1.807) is 29.2 Å². The molecule has 0 saturated heterocycles. The normalized spacial score (nSPS) is 12.8. The van der Waals surface area contributed by atoms with Gasteiger partial charge in [-0.15, -0.1) is 0 Å². The van der Waals surface area contributed by atoms with Crippen molar-refractivity contribution in [3.05, 3.63) is 58.6 Å². The zero-order chi connectivity index (χ0) is 16.2. The SMILES string of the molecule is CCN(Cc1ccc2c(c1)OCCO2)C(=O)c1cccc(Cl)c1. The summed E-state index contributed by atoms with van der Waals surface area (Å²) < 4.78 is 11.1. The lowest BCUT2D eigenvalue weighted by Gasteiger charge is -2.23. The lowest BCUT2D eigenvalue weighted by molar-refractivity contribution is 0.0752. The van der Waals surface area contributed by atoms with E-state index in [0.29, 0.717) is 36.9 Å². The Kier molecular flexibility index (Phi) is 4.72. The van der Waals surface area contributed by atoms with Crippen molar-refractivity contribution in [1.82, 2.24) is 4.90 Å². The summed E-state index contributed by atoms with van der Waals surface area (Å²) in [5.74, 6) is 1.45. The summed E-state index contributed by atoms with van der Waals surface area (Å²) in [6.45, 7) is 4.20. The minimum absolute atomic E-state index is 0.0371. The first kappa shape index (κ1) is 15.7. The van der Waals surface area contributed by atoms with Crippen molar-refractivity contribution in [2.75, 3.05) is 19.8 Å². The monoisotopic (exact) mass is 331 g/mol. The van der Waals surface area contributed by atoms with Gasteiger partial charge in [-0.1, -0.05) is 23.7 Å². The van der Waals surface area contributed by atoms with Gasteiger partial charge in [0.25, 0.3) is 5.91 Å². The fourth-order valence-electron chi connectivity index (χ4n) is 2.54. The van der Waals surface area contributed by atoms with Crippen molar-refractivity contribution in [3.8, 4) is 11.5 Å². The van der Waals surface area contributed by atoms with Crippen LogP contribution in [0.2, 0.25) is 5.02 Å². The molecule has 0 fully saturated rings. The van der Waals surface area contributed by atoms with Crippen molar-refractivity contribution in [2.24, 2.45) is 0 Å². The molecule has 23 heavy (non-hydrogen) atoms. The molecule has 5 heteroatoms. The topological polar surface area (TPSA) is 38.8 Å². The highest BCUT2D eigenvalue weighted by Gasteiger charge is 2.17. The lowest BCUT2D eigenvalue weighted by Crippen LogP contribution is -2.30. The molecule has 4 nitrogen and oxygen atoms in total. The molecule has 0 saturated carbocycles. The van der Waals surface area contributed by atoms with Gasteiger partial charge in [-0.25, -0.2) is 0 Å². The maximum absolute atomic E-state index is 12.6. The molecule has 0 aliphatic carbocycles. The molecular weight excluding hydrogens is 314 g/mol. The number of carbonyl (C=O) groups is 1. The van der Waals surface area contributed by atoms with E-state index >= 15 is 0 Å². The third-order valence-electron chi connectivity index (χ3n) is 3.72. The summed E-state index contributed by atoms with van der Waals surface area (Å²) in [6, 6.07) is 12.8. The van der Waals surface area contributed by atoms with Crippen LogP contribution in [0.5, 0.6) is 11.5 Å². The van der Waals surface area contributed by atoms with Crippen LogP contribution in [0.1, 0.15) is 22.8 Å². The van der Waals surface area contributed by atoms with Gasteiger partial charge in [0, 0.05) is 23.7 Å². The minimum Gasteiger partial charge on any atom is -0.486 e. The van der Waals surface area contributed by atoms with Crippen molar-refractivity contribution >= 4 is 17.5 Å². The van der Waals surface area contributed by atoms with Crippen LogP contribution < -0.4 is 9.47 Å². The summed E-state index contributed by atoms with van der Waals surface area (Å²) in [6.07, 6.45) is 0. The Morgan fingerprint density at radius 3 is 2.65 bits per heavy atom. The standard InChI is InChI=1S/C18H18ClNO3/c1-2-20(18(21)14-4-3-5-15(19)11-14)12-13-6-7-16-17(10-13)23-9-8-22-16/h3-7,10-11H,2,8-9,12H2,1H3. The number of nitrogens with zero attached hydrogens (tertiary/aromatic N) is 1. The highest BCUT2D eigenvalue weighted by Crippen LogP contribution is 2.31. The van der Waals surface area contributed by atoms with E-state index in [1.165, 1.54) is 0 Å². The van der Waals surface area contributed by atoms with Gasteiger partial charge in [0.2, 0.25) is 0 Å². The fraction of sp³-hybridized carbons (Fsp3) is 0.278. The molecule has 1 aliphatic rings. The number of carbonyl (C=O) groups excluding carboxylic acids is 1. The van der Waals surface area contributed by atoms with Crippen LogP contribution in [0.3, 0.4) is 0 Å². The summed E-state index contributed by atoms with van der Waals surface area (Å²) in [7, 11) is 0. The molecule has 1 heterocycles. The molecule has 0 aromatic heterocycles. The number of ether oxygens (including phenoxy) is 2. The second-order valence-electron chi connectivity index (χ2n) is 5.31. The zero-order valence-corrected chi connectivity index (χ0v) is 13.7. The second-order valence-corrected chi connectivity index (χ2v) is 5.74. The molecule has 120 valence electrons. The quantitative estimate of drug-likeness (QED) is 0.856. The lowest BCUT2D eigenvalue weighted by atomic mass is 10.1. The van der Waals surface area contributed by atoms with Gasteiger partial charge in [-0.05, 0) is 42.8 Å². The molecule has 2 aromatic rings. The molecule has 0 bridgehead atoms. The maximum atomic E-state index is 12.6. The third kappa shape index (κ3) is 3.59. The van der Waals surface area contributed by atoms with Crippen LogP contribution in [0.25, 0.3) is 0 Å². The molecular formula is C18H18ClNO3. The number of hydrogen-bond acceptors (Lipinski definition) is 3. The number of benzene rings is 2. The van der Waals surface area contributed by atoms with Gasteiger partial charge in [-0.2, -0.15) is 0 Å². The van der Waals surface area contributed by atoms with Gasteiger partial charge < -0.3 is 14.4 Å². The number of fused-ring (bicyclic) bond motifs is 1.